The number of hydrogen-bond acceptors (Lipinski definition) is 1. The Morgan fingerprint density at radius 3 is 1.35 bits per heavy atom. The SMILES string of the molecule is CC1c2ccc(cc2)Nc2ccc(cc2)C1C. The lowest BCUT2D eigenvalue weighted by Crippen LogP contribution is -2.04. The standard InChI is InChI=1S/C16H17N/c1-11-12(2)14-5-9-16(10-6-14)17-15-7-3-13(11)4-8-15/h3-12,17H,1-2H3. The van der Waals surface area contributed by atoms with Crippen molar-refractivity contribution in [3.8, 4) is 0 Å². The number of rotatable bonds is 0. The van der Waals surface area contributed by atoms with Crippen molar-refractivity contribution in [3.05, 3.63) is 59.7 Å². The van der Waals surface area contributed by atoms with Gasteiger partial charge >= 0.3 is 0 Å². The van der Waals surface area contributed by atoms with Gasteiger partial charge in [-0.25, -0.2) is 0 Å². The van der Waals surface area contributed by atoms with Gasteiger partial charge in [-0.1, -0.05) is 38.1 Å². The van der Waals surface area contributed by atoms with Crippen LogP contribution in [0.1, 0.15) is 36.8 Å². The van der Waals surface area contributed by atoms with Crippen LogP contribution in [0, 0.1) is 0 Å². The Morgan fingerprint density at radius 2 is 1.00 bits per heavy atom. The molecular weight excluding hydrogens is 206 g/mol. The summed E-state index contributed by atoms with van der Waals surface area (Å²) in [5.74, 6) is 1.10. The van der Waals surface area contributed by atoms with Crippen molar-refractivity contribution in [2.45, 2.75) is 25.7 Å². The van der Waals surface area contributed by atoms with E-state index in [1.807, 2.05) is 0 Å². The van der Waals surface area contributed by atoms with Gasteiger partial charge in [0.05, 0.1) is 0 Å². The monoisotopic (exact) mass is 223 g/mol. The molecule has 0 aromatic heterocycles. The predicted molar refractivity (Wildman–Crippen MR) is 73.0 cm³/mol. The first-order chi connectivity index (χ1) is 8.24. The first kappa shape index (κ1) is 10.4. The third kappa shape index (κ3) is 1.82. The average molecular weight is 223 g/mol. The van der Waals surface area contributed by atoms with Crippen LogP contribution < -0.4 is 5.32 Å². The van der Waals surface area contributed by atoms with E-state index in [1.54, 1.807) is 0 Å². The fourth-order valence-corrected chi connectivity index (χ4v) is 2.48. The molecule has 2 aromatic carbocycles. The van der Waals surface area contributed by atoms with Crippen LogP contribution in [0.2, 0.25) is 0 Å². The largest absolute Gasteiger partial charge is 0.356 e. The van der Waals surface area contributed by atoms with Gasteiger partial charge in [0.25, 0.3) is 0 Å². The Balaban J connectivity index is 2.17. The fraction of sp³-hybridized carbons (Fsp3) is 0.250. The third-order valence-corrected chi connectivity index (χ3v) is 3.91. The predicted octanol–water partition coefficient (Wildman–Crippen LogP) is 4.65. The molecule has 0 amide bonds. The molecule has 86 valence electrons. The summed E-state index contributed by atoms with van der Waals surface area (Å²) in [7, 11) is 0. The zero-order valence-electron chi connectivity index (χ0n) is 10.3. The average Bonchev–Trinajstić information content (AvgIpc) is 2.43. The number of anilines is 2. The van der Waals surface area contributed by atoms with Crippen LogP contribution in [-0.4, -0.2) is 0 Å². The highest BCUT2D eigenvalue weighted by Crippen LogP contribution is 2.34. The molecule has 0 saturated carbocycles. The molecule has 0 saturated heterocycles. The van der Waals surface area contributed by atoms with Gasteiger partial charge in [-0.3, -0.25) is 0 Å². The molecule has 1 N–H and O–H groups in total. The summed E-state index contributed by atoms with van der Waals surface area (Å²) in [5.41, 5.74) is 5.13. The number of benzene rings is 2. The summed E-state index contributed by atoms with van der Waals surface area (Å²) in [4.78, 5) is 0. The second kappa shape index (κ2) is 3.92. The van der Waals surface area contributed by atoms with E-state index >= 15 is 0 Å². The second-order valence-corrected chi connectivity index (χ2v) is 4.95. The van der Waals surface area contributed by atoms with E-state index < -0.39 is 0 Å². The van der Waals surface area contributed by atoms with Gasteiger partial charge in [-0.05, 0) is 47.2 Å². The maximum atomic E-state index is 3.42. The zero-order valence-corrected chi connectivity index (χ0v) is 10.3. The van der Waals surface area contributed by atoms with E-state index in [2.05, 4.69) is 67.7 Å². The van der Waals surface area contributed by atoms with Crippen LogP contribution in [0.3, 0.4) is 0 Å². The topological polar surface area (TPSA) is 12.0 Å². The highest BCUT2D eigenvalue weighted by molar-refractivity contribution is 5.61. The molecule has 2 atom stereocenters. The molecule has 2 unspecified atom stereocenters. The Morgan fingerprint density at radius 1 is 0.647 bits per heavy atom. The van der Waals surface area contributed by atoms with E-state index in [1.165, 1.54) is 11.1 Å². The molecule has 17 heavy (non-hydrogen) atoms. The Hall–Kier alpha value is -1.76. The number of hydrogen-bond donors (Lipinski definition) is 1. The summed E-state index contributed by atoms with van der Waals surface area (Å²) in [6.07, 6.45) is 0. The third-order valence-electron chi connectivity index (χ3n) is 3.91. The van der Waals surface area contributed by atoms with Crippen molar-refractivity contribution in [1.82, 2.24) is 0 Å². The molecule has 6 rings (SSSR count). The summed E-state index contributed by atoms with van der Waals surface area (Å²) in [5, 5.41) is 3.42. The van der Waals surface area contributed by atoms with Gasteiger partial charge < -0.3 is 5.32 Å². The lowest BCUT2D eigenvalue weighted by atomic mass is 9.84. The van der Waals surface area contributed by atoms with Gasteiger partial charge in [-0.15, -0.1) is 0 Å². The molecule has 4 aliphatic rings. The van der Waals surface area contributed by atoms with E-state index in [9.17, 15) is 0 Å². The second-order valence-electron chi connectivity index (χ2n) is 4.95. The van der Waals surface area contributed by atoms with Crippen molar-refractivity contribution in [1.29, 1.82) is 0 Å². The normalized spacial score (nSPS) is 22.0. The van der Waals surface area contributed by atoms with Gasteiger partial charge in [0.2, 0.25) is 0 Å². The minimum atomic E-state index is 0.549. The van der Waals surface area contributed by atoms with Crippen LogP contribution in [0.5, 0.6) is 0 Å². The summed E-state index contributed by atoms with van der Waals surface area (Å²) >= 11 is 0. The molecule has 0 aliphatic carbocycles. The van der Waals surface area contributed by atoms with Gasteiger partial charge in [0.1, 0.15) is 0 Å². The van der Waals surface area contributed by atoms with E-state index in [4.69, 9.17) is 0 Å². The molecule has 1 nitrogen and oxygen atoms in total. The lowest BCUT2D eigenvalue weighted by Gasteiger charge is -2.20. The number of nitrogens with one attached hydrogen (secondary N) is 1. The highest BCUT2D eigenvalue weighted by atomic mass is 14.9. The molecular formula is C16H17N. The maximum absolute atomic E-state index is 3.42. The molecule has 1 heteroatoms. The first-order valence-electron chi connectivity index (χ1n) is 6.21. The molecule has 0 spiro atoms. The van der Waals surface area contributed by atoms with Gasteiger partial charge in [0, 0.05) is 11.4 Å². The zero-order chi connectivity index (χ0) is 11.8. The molecule has 0 radical (unpaired) electrons. The van der Waals surface area contributed by atoms with E-state index in [0.717, 1.165) is 11.4 Å². The summed E-state index contributed by atoms with van der Waals surface area (Å²) in [6, 6.07) is 17.6. The Kier molecular flexibility index (Phi) is 2.40. The van der Waals surface area contributed by atoms with Crippen LogP contribution in [0.4, 0.5) is 11.4 Å². The van der Waals surface area contributed by atoms with Crippen LogP contribution >= 0.6 is 0 Å². The van der Waals surface area contributed by atoms with Crippen molar-refractivity contribution in [2.24, 2.45) is 0 Å². The van der Waals surface area contributed by atoms with Crippen molar-refractivity contribution in [3.63, 3.8) is 0 Å². The molecule has 2 aromatic rings. The van der Waals surface area contributed by atoms with Gasteiger partial charge in [0.15, 0.2) is 0 Å². The first-order valence-corrected chi connectivity index (χ1v) is 6.21. The minimum Gasteiger partial charge on any atom is -0.356 e. The Bertz CT molecular complexity index is 461. The van der Waals surface area contributed by atoms with Crippen LogP contribution in [0.25, 0.3) is 0 Å². The summed E-state index contributed by atoms with van der Waals surface area (Å²) < 4.78 is 0. The van der Waals surface area contributed by atoms with E-state index in [0.29, 0.717) is 11.8 Å². The molecule has 0 fully saturated rings. The van der Waals surface area contributed by atoms with E-state index in [-0.39, 0.29) is 0 Å². The highest BCUT2D eigenvalue weighted by Gasteiger charge is 2.17. The Labute approximate surface area is 102 Å². The lowest BCUT2D eigenvalue weighted by molar-refractivity contribution is 0.624. The molecule has 4 aliphatic heterocycles. The maximum Gasteiger partial charge on any atom is 0.0384 e. The molecule has 4 bridgehead atoms. The fourth-order valence-electron chi connectivity index (χ4n) is 2.48. The van der Waals surface area contributed by atoms with Crippen molar-refractivity contribution in [2.75, 3.05) is 5.32 Å². The van der Waals surface area contributed by atoms with Gasteiger partial charge in [-0.2, -0.15) is 0 Å². The summed E-state index contributed by atoms with van der Waals surface area (Å²) in [6.45, 7) is 4.61. The molecule has 4 heterocycles. The minimum absolute atomic E-state index is 0.549. The van der Waals surface area contributed by atoms with Crippen molar-refractivity contribution >= 4 is 11.4 Å². The van der Waals surface area contributed by atoms with Crippen molar-refractivity contribution < 1.29 is 0 Å². The quantitative estimate of drug-likeness (QED) is 0.685. The van der Waals surface area contributed by atoms with Crippen LogP contribution in [0.15, 0.2) is 48.5 Å². The van der Waals surface area contributed by atoms with Crippen LogP contribution in [-0.2, 0) is 0 Å². The smallest absolute Gasteiger partial charge is 0.0384 e.